The second kappa shape index (κ2) is 9.88. The Hall–Kier alpha value is -4.34. The number of carbonyl (C=O) groups is 2. The fourth-order valence-electron chi connectivity index (χ4n) is 3.96. The number of carbonyl (C=O) groups excluding carboxylic acids is 2. The van der Waals surface area contributed by atoms with Crippen molar-refractivity contribution in [3.05, 3.63) is 118 Å². The lowest BCUT2D eigenvalue weighted by Gasteiger charge is -2.14. The average Bonchev–Trinajstić information content (AvgIpc) is 3.16. The highest BCUT2D eigenvalue weighted by Crippen LogP contribution is 2.34. The zero-order valence-electron chi connectivity index (χ0n) is 18.7. The van der Waals surface area contributed by atoms with Crippen LogP contribution in [0.25, 0.3) is 16.8 Å². The molecule has 1 heterocycles. The quantitative estimate of drug-likeness (QED) is 0.296. The third kappa shape index (κ3) is 4.81. The number of fused-ring (bicyclic) bond motifs is 1. The molecule has 1 saturated heterocycles. The first-order chi connectivity index (χ1) is 17.1. The van der Waals surface area contributed by atoms with Crippen LogP contribution >= 0.6 is 11.8 Å². The van der Waals surface area contributed by atoms with Crippen LogP contribution in [0, 0.1) is 11.3 Å². The highest BCUT2D eigenvalue weighted by atomic mass is 32.2. The zero-order valence-corrected chi connectivity index (χ0v) is 19.5. The van der Waals surface area contributed by atoms with E-state index < -0.39 is 0 Å². The minimum atomic E-state index is -0.290. The first-order valence-corrected chi connectivity index (χ1v) is 11.9. The van der Waals surface area contributed by atoms with E-state index in [2.05, 4.69) is 6.07 Å². The molecule has 0 atom stereocenters. The molecule has 5 nitrogen and oxygen atoms in total. The van der Waals surface area contributed by atoms with Gasteiger partial charge in [-0.25, -0.2) is 0 Å². The predicted molar refractivity (Wildman–Crippen MR) is 137 cm³/mol. The van der Waals surface area contributed by atoms with Crippen molar-refractivity contribution in [1.82, 2.24) is 4.90 Å². The van der Waals surface area contributed by atoms with Crippen molar-refractivity contribution in [2.75, 3.05) is 0 Å². The summed E-state index contributed by atoms with van der Waals surface area (Å²) in [5, 5.41) is 11.0. The predicted octanol–water partition coefficient (Wildman–Crippen LogP) is 6.53. The topological polar surface area (TPSA) is 70.4 Å². The summed E-state index contributed by atoms with van der Waals surface area (Å²) in [6.07, 6.45) is 1.72. The molecule has 0 N–H and O–H groups in total. The van der Waals surface area contributed by atoms with Gasteiger partial charge in [-0.2, -0.15) is 5.26 Å². The molecular formula is C29H20N2O3S. The van der Waals surface area contributed by atoms with Gasteiger partial charge in [0, 0.05) is 5.56 Å². The van der Waals surface area contributed by atoms with Crippen LogP contribution in [0.3, 0.4) is 0 Å². The zero-order chi connectivity index (χ0) is 24.2. The minimum Gasteiger partial charge on any atom is -0.489 e. The van der Waals surface area contributed by atoms with Crippen molar-refractivity contribution in [1.29, 1.82) is 5.26 Å². The smallest absolute Gasteiger partial charge is 0.293 e. The Morgan fingerprint density at radius 1 is 0.857 bits per heavy atom. The highest BCUT2D eigenvalue weighted by Gasteiger charge is 2.35. The van der Waals surface area contributed by atoms with Gasteiger partial charge in [-0.15, -0.1) is 0 Å². The molecule has 0 radical (unpaired) electrons. The Balaban J connectivity index is 1.28. The molecule has 1 fully saturated rings. The lowest BCUT2D eigenvalue weighted by molar-refractivity contribution is -0.123. The number of rotatable bonds is 6. The fourth-order valence-corrected chi connectivity index (χ4v) is 4.80. The SMILES string of the molecule is N#Cc1ccccc1COc1ccc(/C=C2\SC(=O)N(Cc3cccc4ccccc34)C2=O)cc1. The summed E-state index contributed by atoms with van der Waals surface area (Å²) < 4.78 is 5.81. The van der Waals surface area contributed by atoms with Gasteiger partial charge < -0.3 is 4.74 Å². The van der Waals surface area contributed by atoms with Crippen molar-refractivity contribution >= 4 is 39.8 Å². The van der Waals surface area contributed by atoms with E-state index in [0.717, 1.165) is 39.2 Å². The number of thioether (sulfide) groups is 1. The molecule has 1 aliphatic rings. The lowest BCUT2D eigenvalue weighted by atomic mass is 10.0. The van der Waals surface area contributed by atoms with Crippen LogP contribution in [0.4, 0.5) is 4.79 Å². The Morgan fingerprint density at radius 3 is 2.40 bits per heavy atom. The number of nitriles is 1. The summed E-state index contributed by atoms with van der Waals surface area (Å²) >= 11 is 0.954. The lowest BCUT2D eigenvalue weighted by Crippen LogP contribution is -2.27. The molecule has 0 unspecified atom stereocenters. The summed E-state index contributed by atoms with van der Waals surface area (Å²) in [5.41, 5.74) is 3.14. The maximum Gasteiger partial charge on any atom is 0.293 e. The number of ether oxygens (including phenoxy) is 1. The highest BCUT2D eigenvalue weighted by molar-refractivity contribution is 8.18. The Morgan fingerprint density at radius 2 is 1.57 bits per heavy atom. The van der Waals surface area contributed by atoms with E-state index in [1.807, 2.05) is 72.8 Å². The molecule has 1 aliphatic heterocycles. The third-order valence-electron chi connectivity index (χ3n) is 5.79. The summed E-state index contributed by atoms with van der Waals surface area (Å²) in [6.45, 7) is 0.524. The largest absolute Gasteiger partial charge is 0.489 e. The maximum atomic E-state index is 13.0. The molecule has 6 heteroatoms. The normalized spacial score (nSPS) is 14.5. The van der Waals surface area contributed by atoms with E-state index in [-0.39, 0.29) is 24.3 Å². The van der Waals surface area contributed by atoms with E-state index in [0.29, 0.717) is 16.2 Å². The Kier molecular flexibility index (Phi) is 6.34. The van der Waals surface area contributed by atoms with Gasteiger partial charge in [0.25, 0.3) is 11.1 Å². The second-order valence-corrected chi connectivity index (χ2v) is 9.03. The molecule has 4 aromatic carbocycles. The number of hydrogen-bond donors (Lipinski definition) is 0. The van der Waals surface area contributed by atoms with E-state index in [1.165, 1.54) is 4.90 Å². The van der Waals surface area contributed by atoms with Crippen molar-refractivity contribution in [2.24, 2.45) is 0 Å². The van der Waals surface area contributed by atoms with Crippen LogP contribution < -0.4 is 4.74 Å². The Labute approximate surface area is 207 Å². The van der Waals surface area contributed by atoms with Gasteiger partial charge >= 0.3 is 0 Å². The number of amides is 2. The molecule has 2 amide bonds. The second-order valence-electron chi connectivity index (χ2n) is 8.03. The van der Waals surface area contributed by atoms with Crippen LogP contribution in [-0.4, -0.2) is 16.0 Å². The third-order valence-corrected chi connectivity index (χ3v) is 6.70. The van der Waals surface area contributed by atoms with E-state index in [1.54, 1.807) is 24.3 Å². The molecule has 4 aromatic rings. The summed E-state index contributed by atoms with van der Waals surface area (Å²) in [5.74, 6) is 0.361. The number of nitrogens with zero attached hydrogens (tertiary/aromatic N) is 2. The molecule has 0 bridgehead atoms. The maximum absolute atomic E-state index is 13.0. The van der Waals surface area contributed by atoms with Crippen LogP contribution in [0.15, 0.2) is 95.9 Å². The van der Waals surface area contributed by atoms with Crippen LogP contribution in [0.5, 0.6) is 5.75 Å². The van der Waals surface area contributed by atoms with Gasteiger partial charge in [0.15, 0.2) is 0 Å². The van der Waals surface area contributed by atoms with Gasteiger partial charge in [0.2, 0.25) is 0 Å². The molecule has 0 aromatic heterocycles. The first-order valence-electron chi connectivity index (χ1n) is 11.1. The molecule has 35 heavy (non-hydrogen) atoms. The number of hydrogen-bond acceptors (Lipinski definition) is 5. The van der Waals surface area contributed by atoms with Gasteiger partial charge in [0.1, 0.15) is 12.4 Å². The summed E-state index contributed by atoms with van der Waals surface area (Å²) in [7, 11) is 0. The average molecular weight is 477 g/mol. The van der Waals surface area contributed by atoms with Crippen LogP contribution in [0.2, 0.25) is 0 Å². The Bertz CT molecular complexity index is 1500. The molecule has 0 aliphatic carbocycles. The van der Waals surface area contributed by atoms with Gasteiger partial charge in [0.05, 0.1) is 23.1 Å². The minimum absolute atomic E-state index is 0.236. The van der Waals surface area contributed by atoms with Crippen LogP contribution in [0.1, 0.15) is 22.3 Å². The van der Waals surface area contributed by atoms with Crippen molar-refractivity contribution < 1.29 is 14.3 Å². The van der Waals surface area contributed by atoms with Crippen LogP contribution in [-0.2, 0) is 17.9 Å². The summed E-state index contributed by atoms with van der Waals surface area (Å²) in [4.78, 5) is 27.3. The number of imide groups is 1. The molecule has 170 valence electrons. The van der Waals surface area contributed by atoms with Crippen molar-refractivity contribution in [3.8, 4) is 11.8 Å². The van der Waals surface area contributed by atoms with Crippen molar-refractivity contribution in [2.45, 2.75) is 13.2 Å². The van der Waals surface area contributed by atoms with Crippen molar-refractivity contribution in [3.63, 3.8) is 0 Å². The van der Waals surface area contributed by atoms with E-state index in [4.69, 9.17) is 4.74 Å². The van der Waals surface area contributed by atoms with Gasteiger partial charge in [-0.1, -0.05) is 72.8 Å². The molecular weight excluding hydrogens is 456 g/mol. The van der Waals surface area contributed by atoms with Gasteiger partial charge in [-0.3, -0.25) is 14.5 Å². The number of benzene rings is 4. The molecule has 0 spiro atoms. The molecule has 5 rings (SSSR count). The van der Waals surface area contributed by atoms with E-state index in [9.17, 15) is 14.9 Å². The van der Waals surface area contributed by atoms with E-state index >= 15 is 0 Å². The first kappa shape index (κ1) is 22.5. The monoisotopic (exact) mass is 476 g/mol. The summed E-state index contributed by atoms with van der Waals surface area (Å²) in [6, 6.07) is 30.6. The molecule has 0 saturated carbocycles. The fraction of sp³-hybridized carbons (Fsp3) is 0.0690. The van der Waals surface area contributed by atoms with Gasteiger partial charge in [-0.05, 0) is 57.9 Å². The standard InChI is InChI=1S/C29H20N2O3S/c30-17-22-7-1-2-8-24(22)19-34-25-14-12-20(13-15-25)16-27-28(32)31(29(33)35-27)18-23-10-5-9-21-6-3-4-11-26(21)23/h1-16H,18-19H2/b27-16-.